The topological polar surface area (TPSA) is 16.1 Å². The molecule has 0 saturated heterocycles. The minimum atomic E-state index is 0.991. The highest BCUT2D eigenvalue weighted by Crippen LogP contribution is 2.29. The molecule has 1 aromatic heterocycles. The third-order valence-electron chi connectivity index (χ3n) is 3.05. The molecule has 94 valence electrons. The molecule has 0 aliphatic rings. The molecule has 0 aliphatic carbocycles. The first kappa shape index (κ1) is 13.1. The van der Waals surface area contributed by atoms with Gasteiger partial charge >= 0.3 is 0 Å². The highest BCUT2D eigenvalue weighted by atomic mass is 79.9. The quantitative estimate of drug-likeness (QED) is 0.810. The van der Waals surface area contributed by atoms with Crippen molar-refractivity contribution < 1.29 is 0 Å². The highest BCUT2D eigenvalue weighted by molar-refractivity contribution is 9.10. The molecule has 0 radical (unpaired) electrons. The van der Waals surface area contributed by atoms with Crippen molar-refractivity contribution in [2.45, 2.75) is 20.8 Å². The molecule has 0 fully saturated rings. The molecule has 0 bridgehead atoms. The Kier molecular flexibility index (Phi) is 3.71. The zero-order valence-electron chi connectivity index (χ0n) is 11.2. The number of hydrogen-bond acceptors (Lipinski definition) is 2. The van der Waals surface area contributed by atoms with Gasteiger partial charge in [0.1, 0.15) is 5.82 Å². The molecule has 2 nitrogen and oxygen atoms in total. The number of rotatable bonds is 2. The van der Waals surface area contributed by atoms with Crippen LogP contribution in [0.2, 0.25) is 0 Å². The average molecular weight is 305 g/mol. The lowest BCUT2D eigenvalue weighted by molar-refractivity contribution is 1.09. The summed E-state index contributed by atoms with van der Waals surface area (Å²) in [4.78, 5) is 6.63. The number of aryl methyl sites for hydroxylation is 3. The van der Waals surface area contributed by atoms with Crippen molar-refractivity contribution in [1.29, 1.82) is 0 Å². The number of aromatic nitrogens is 1. The molecule has 1 aromatic carbocycles. The predicted octanol–water partition coefficient (Wildman–Crippen LogP) is 4.54. The second kappa shape index (κ2) is 5.11. The molecule has 0 N–H and O–H groups in total. The van der Waals surface area contributed by atoms with E-state index < -0.39 is 0 Å². The van der Waals surface area contributed by atoms with Crippen LogP contribution < -0.4 is 4.90 Å². The molecule has 1 heterocycles. The Balaban J connectivity index is 2.44. The zero-order chi connectivity index (χ0) is 13.3. The van der Waals surface area contributed by atoms with Gasteiger partial charge in [0.2, 0.25) is 0 Å². The van der Waals surface area contributed by atoms with E-state index in [9.17, 15) is 0 Å². The van der Waals surface area contributed by atoms with Crippen LogP contribution in [-0.2, 0) is 0 Å². The number of hydrogen-bond donors (Lipinski definition) is 0. The normalized spacial score (nSPS) is 10.5. The van der Waals surface area contributed by atoms with E-state index in [1.54, 1.807) is 0 Å². The number of anilines is 2. The summed E-state index contributed by atoms with van der Waals surface area (Å²) in [7, 11) is 2.06. The molecule has 0 saturated carbocycles. The summed E-state index contributed by atoms with van der Waals surface area (Å²) in [6.07, 6.45) is 1.84. The Bertz CT molecular complexity index is 527. The van der Waals surface area contributed by atoms with Crippen molar-refractivity contribution >= 4 is 27.4 Å². The first-order valence-electron chi connectivity index (χ1n) is 5.92. The molecule has 0 atom stereocenters. The SMILES string of the molecule is Cc1ccc(N(C)c2ncc(Br)cc2C)c(C)c1. The van der Waals surface area contributed by atoms with Crippen LogP contribution >= 0.6 is 15.9 Å². The summed E-state index contributed by atoms with van der Waals surface area (Å²) in [6, 6.07) is 8.56. The third kappa shape index (κ3) is 2.56. The van der Waals surface area contributed by atoms with Gasteiger partial charge in [0.05, 0.1) is 0 Å². The first-order valence-corrected chi connectivity index (χ1v) is 6.71. The van der Waals surface area contributed by atoms with E-state index in [1.165, 1.54) is 16.8 Å². The molecule has 0 amide bonds. The van der Waals surface area contributed by atoms with Crippen LogP contribution in [0, 0.1) is 20.8 Å². The minimum absolute atomic E-state index is 0.991. The van der Waals surface area contributed by atoms with Crippen LogP contribution in [0.25, 0.3) is 0 Å². The minimum Gasteiger partial charge on any atom is -0.329 e. The summed E-state index contributed by atoms with van der Waals surface area (Å²) in [6.45, 7) is 6.32. The fraction of sp³-hybridized carbons (Fsp3) is 0.267. The average Bonchev–Trinajstić information content (AvgIpc) is 2.28. The lowest BCUT2D eigenvalue weighted by Gasteiger charge is -2.22. The van der Waals surface area contributed by atoms with Crippen LogP contribution in [0.4, 0.5) is 11.5 Å². The molecule has 18 heavy (non-hydrogen) atoms. The molecule has 2 rings (SSSR count). The van der Waals surface area contributed by atoms with Crippen molar-refractivity contribution in [3.05, 3.63) is 51.6 Å². The van der Waals surface area contributed by atoms with E-state index in [1.807, 2.05) is 6.20 Å². The van der Waals surface area contributed by atoms with Gasteiger partial charge in [0, 0.05) is 23.4 Å². The highest BCUT2D eigenvalue weighted by Gasteiger charge is 2.10. The largest absolute Gasteiger partial charge is 0.329 e. The van der Waals surface area contributed by atoms with Crippen LogP contribution in [0.15, 0.2) is 34.9 Å². The number of halogens is 1. The van der Waals surface area contributed by atoms with Gasteiger partial charge in [0.25, 0.3) is 0 Å². The van der Waals surface area contributed by atoms with Gasteiger partial charge in [-0.2, -0.15) is 0 Å². The molecule has 0 aliphatic heterocycles. The third-order valence-corrected chi connectivity index (χ3v) is 3.48. The fourth-order valence-corrected chi connectivity index (χ4v) is 2.63. The lowest BCUT2D eigenvalue weighted by Crippen LogP contribution is -2.13. The van der Waals surface area contributed by atoms with Crippen LogP contribution in [0.5, 0.6) is 0 Å². The zero-order valence-corrected chi connectivity index (χ0v) is 12.7. The number of benzene rings is 1. The van der Waals surface area contributed by atoms with Gasteiger partial charge in [-0.3, -0.25) is 0 Å². The smallest absolute Gasteiger partial charge is 0.135 e. The summed E-state index contributed by atoms with van der Waals surface area (Å²) in [5.74, 6) is 0.991. The van der Waals surface area contributed by atoms with Crippen molar-refractivity contribution in [1.82, 2.24) is 4.98 Å². The predicted molar refractivity (Wildman–Crippen MR) is 80.7 cm³/mol. The van der Waals surface area contributed by atoms with Gasteiger partial charge in [-0.15, -0.1) is 0 Å². The van der Waals surface area contributed by atoms with E-state index in [0.717, 1.165) is 15.9 Å². The Labute approximate surface area is 117 Å². The van der Waals surface area contributed by atoms with Gasteiger partial charge in [0.15, 0.2) is 0 Å². The molecule has 3 heteroatoms. The lowest BCUT2D eigenvalue weighted by atomic mass is 10.1. The molecular weight excluding hydrogens is 288 g/mol. The van der Waals surface area contributed by atoms with Crippen molar-refractivity contribution in [3.8, 4) is 0 Å². The van der Waals surface area contributed by atoms with Gasteiger partial charge < -0.3 is 4.90 Å². The van der Waals surface area contributed by atoms with Crippen LogP contribution in [0.3, 0.4) is 0 Å². The molecule has 2 aromatic rings. The Hall–Kier alpha value is -1.35. The Morgan fingerprint density at radius 2 is 1.78 bits per heavy atom. The number of pyridine rings is 1. The fourth-order valence-electron chi connectivity index (χ4n) is 2.18. The van der Waals surface area contributed by atoms with E-state index in [-0.39, 0.29) is 0 Å². The van der Waals surface area contributed by atoms with Crippen LogP contribution in [0.1, 0.15) is 16.7 Å². The maximum atomic E-state index is 4.50. The van der Waals surface area contributed by atoms with Gasteiger partial charge in [-0.25, -0.2) is 4.98 Å². The van der Waals surface area contributed by atoms with Crippen LogP contribution in [-0.4, -0.2) is 12.0 Å². The summed E-state index contributed by atoms with van der Waals surface area (Å²) in [5.41, 5.74) is 4.90. The van der Waals surface area contributed by atoms with Crippen molar-refractivity contribution in [2.75, 3.05) is 11.9 Å². The van der Waals surface area contributed by atoms with Gasteiger partial charge in [-0.05, 0) is 60.0 Å². The Morgan fingerprint density at radius 3 is 2.39 bits per heavy atom. The number of nitrogens with zero attached hydrogens (tertiary/aromatic N) is 2. The van der Waals surface area contributed by atoms with E-state index >= 15 is 0 Å². The Morgan fingerprint density at radius 1 is 1.06 bits per heavy atom. The van der Waals surface area contributed by atoms with Gasteiger partial charge in [-0.1, -0.05) is 17.7 Å². The van der Waals surface area contributed by atoms with E-state index in [4.69, 9.17) is 0 Å². The summed E-state index contributed by atoms with van der Waals surface area (Å²) >= 11 is 3.44. The maximum absolute atomic E-state index is 4.50. The monoisotopic (exact) mass is 304 g/mol. The maximum Gasteiger partial charge on any atom is 0.135 e. The molecule has 0 unspecified atom stereocenters. The summed E-state index contributed by atoms with van der Waals surface area (Å²) < 4.78 is 1.01. The second-order valence-corrected chi connectivity index (χ2v) is 5.56. The van der Waals surface area contributed by atoms with E-state index in [2.05, 4.69) is 77.9 Å². The van der Waals surface area contributed by atoms with Crippen molar-refractivity contribution in [2.24, 2.45) is 0 Å². The molecular formula is C15H17BrN2. The molecule has 0 spiro atoms. The summed E-state index contributed by atoms with van der Waals surface area (Å²) in [5, 5.41) is 0. The van der Waals surface area contributed by atoms with Crippen molar-refractivity contribution in [3.63, 3.8) is 0 Å². The van der Waals surface area contributed by atoms with E-state index in [0.29, 0.717) is 0 Å². The standard InChI is InChI=1S/C15H17BrN2/c1-10-5-6-14(11(2)7-10)18(4)15-12(3)8-13(16)9-17-15/h5-9H,1-4H3. The second-order valence-electron chi connectivity index (χ2n) is 4.64. The first-order chi connectivity index (χ1) is 8.49.